The van der Waals surface area contributed by atoms with Gasteiger partial charge in [-0.25, -0.2) is 4.98 Å². The van der Waals surface area contributed by atoms with Crippen LogP contribution in [0.3, 0.4) is 0 Å². The number of benzene rings is 3. The highest BCUT2D eigenvalue weighted by Crippen LogP contribution is 2.16. The van der Waals surface area contributed by atoms with E-state index in [0.29, 0.717) is 33.9 Å². The van der Waals surface area contributed by atoms with Crippen LogP contribution in [-0.2, 0) is 11.3 Å². The lowest BCUT2D eigenvalue weighted by Crippen LogP contribution is -2.22. The van der Waals surface area contributed by atoms with Crippen molar-refractivity contribution in [2.45, 2.75) is 6.54 Å². The maximum Gasteiger partial charge on any atom is 0.262 e. The molecule has 0 aliphatic carbocycles. The van der Waals surface area contributed by atoms with Gasteiger partial charge in [-0.2, -0.15) is 0 Å². The van der Waals surface area contributed by atoms with Crippen LogP contribution in [0.4, 0.5) is 5.69 Å². The zero-order valence-corrected chi connectivity index (χ0v) is 16.7. The van der Waals surface area contributed by atoms with Crippen LogP contribution in [0.15, 0.2) is 83.9 Å². The molecule has 7 heteroatoms. The van der Waals surface area contributed by atoms with Crippen LogP contribution in [0.5, 0.6) is 5.75 Å². The molecule has 0 spiro atoms. The fourth-order valence-corrected chi connectivity index (χ4v) is 3.12. The van der Waals surface area contributed by atoms with E-state index in [-0.39, 0.29) is 18.1 Å². The maximum absolute atomic E-state index is 12.8. The number of halogens is 1. The highest BCUT2D eigenvalue weighted by Gasteiger charge is 2.08. The lowest BCUT2D eigenvalue weighted by Gasteiger charge is -2.10. The molecule has 1 aromatic heterocycles. The van der Waals surface area contributed by atoms with Crippen molar-refractivity contribution in [2.24, 2.45) is 0 Å². The zero-order valence-electron chi connectivity index (χ0n) is 15.9. The summed E-state index contributed by atoms with van der Waals surface area (Å²) in [5, 5.41) is 3.88. The fraction of sp³-hybridized carbons (Fsp3) is 0.0870. The molecule has 0 bridgehead atoms. The molecular weight excluding hydrogens is 402 g/mol. The summed E-state index contributed by atoms with van der Waals surface area (Å²) in [6, 6.07) is 21.4. The average molecular weight is 420 g/mol. The van der Waals surface area contributed by atoms with Crippen LogP contribution < -0.4 is 15.6 Å². The van der Waals surface area contributed by atoms with Crippen molar-refractivity contribution < 1.29 is 9.53 Å². The first-order chi connectivity index (χ1) is 14.6. The quantitative estimate of drug-likeness (QED) is 0.510. The van der Waals surface area contributed by atoms with Crippen molar-refractivity contribution in [3.8, 4) is 5.75 Å². The first kappa shape index (κ1) is 19.7. The number of para-hydroxylation sites is 1. The Kier molecular flexibility index (Phi) is 5.77. The van der Waals surface area contributed by atoms with Crippen molar-refractivity contribution >= 4 is 34.1 Å². The molecule has 0 aliphatic rings. The molecule has 150 valence electrons. The summed E-state index contributed by atoms with van der Waals surface area (Å²) < 4.78 is 6.98. The molecule has 1 N–H and O–H groups in total. The van der Waals surface area contributed by atoms with Gasteiger partial charge in [0.15, 0.2) is 6.61 Å². The normalized spacial score (nSPS) is 10.7. The predicted molar refractivity (Wildman–Crippen MR) is 117 cm³/mol. The number of amides is 1. The minimum atomic E-state index is -0.297. The van der Waals surface area contributed by atoms with Gasteiger partial charge in [-0.3, -0.25) is 14.2 Å². The second kappa shape index (κ2) is 8.80. The van der Waals surface area contributed by atoms with Crippen LogP contribution in [0, 0.1) is 0 Å². The van der Waals surface area contributed by atoms with Gasteiger partial charge in [0.05, 0.1) is 23.8 Å². The number of carbonyl (C=O) groups excluding carboxylic acids is 1. The van der Waals surface area contributed by atoms with Gasteiger partial charge in [0.25, 0.3) is 11.5 Å². The van der Waals surface area contributed by atoms with Gasteiger partial charge in [0, 0.05) is 10.7 Å². The maximum atomic E-state index is 12.8. The standard InChI is InChI=1S/C23H18ClN3O3/c24-17-8-6-16(7-9-17)13-27-15-25-21-12-18(10-11-20(21)23(27)29)26-22(28)14-30-19-4-2-1-3-5-19/h1-12,15H,13-14H2,(H,26,28). The number of rotatable bonds is 6. The first-order valence-electron chi connectivity index (χ1n) is 9.30. The van der Waals surface area contributed by atoms with Crippen LogP contribution in [0.1, 0.15) is 5.56 Å². The molecule has 0 unspecified atom stereocenters. The van der Waals surface area contributed by atoms with E-state index in [0.717, 1.165) is 5.56 Å². The molecule has 4 rings (SSSR count). The Morgan fingerprint density at radius 2 is 1.80 bits per heavy atom. The van der Waals surface area contributed by atoms with Gasteiger partial charge in [0.1, 0.15) is 5.75 Å². The molecule has 30 heavy (non-hydrogen) atoms. The third-order valence-electron chi connectivity index (χ3n) is 4.49. The Labute approximate surface area is 177 Å². The second-order valence-corrected chi connectivity index (χ2v) is 7.12. The summed E-state index contributed by atoms with van der Waals surface area (Å²) in [6.45, 7) is 0.284. The zero-order chi connectivity index (χ0) is 20.9. The minimum Gasteiger partial charge on any atom is -0.484 e. The van der Waals surface area contributed by atoms with E-state index in [1.54, 1.807) is 42.5 Å². The molecule has 1 amide bonds. The van der Waals surface area contributed by atoms with E-state index < -0.39 is 0 Å². The summed E-state index contributed by atoms with van der Waals surface area (Å²) in [5.74, 6) is 0.323. The number of hydrogen-bond acceptors (Lipinski definition) is 4. The molecule has 0 radical (unpaired) electrons. The smallest absolute Gasteiger partial charge is 0.262 e. The van der Waals surface area contributed by atoms with E-state index >= 15 is 0 Å². The van der Waals surface area contributed by atoms with Crippen LogP contribution in [-0.4, -0.2) is 22.1 Å². The SMILES string of the molecule is O=C(COc1ccccc1)Nc1ccc2c(=O)n(Cc3ccc(Cl)cc3)cnc2c1. The third kappa shape index (κ3) is 4.67. The van der Waals surface area contributed by atoms with Crippen LogP contribution >= 0.6 is 11.6 Å². The predicted octanol–water partition coefficient (Wildman–Crippen LogP) is 4.12. The lowest BCUT2D eigenvalue weighted by atomic mass is 10.2. The summed E-state index contributed by atoms with van der Waals surface area (Å²) >= 11 is 5.91. The van der Waals surface area contributed by atoms with Crippen molar-refractivity contribution in [1.82, 2.24) is 9.55 Å². The van der Waals surface area contributed by atoms with E-state index in [1.165, 1.54) is 10.9 Å². The number of fused-ring (bicyclic) bond motifs is 1. The van der Waals surface area contributed by atoms with Crippen molar-refractivity contribution in [1.29, 1.82) is 0 Å². The molecule has 0 aliphatic heterocycles. The topological polar surface area (TPSA) is 73.2 Å². The number of hydrogen-bond donors (Lipinski definition) is 1. The highest BCUT2D eigenvalue weighted by molar-refractivity contribution is 6.30. The average Bonchev–Trinajstić information content (AvgIpc) is 2.76. The number of carbonyl (C=O) groups is 1. The molecule has 0 saturated heterocycles. The second-order valence-electron chi connectivity index (χ2n) is 6.69. The van der Waals surface area contributed by atoms with Crippen LogP contribution in [0.25, 0.3) is 10.9 Å². The fourth-order valence-electron chi connectivity index (χ4n) is 3.00. The van der Waals surface area contributed by atoms with Crippen LogP contribution in [0.2, 0.25) is 5.02 Å². The molecule has 6 nitrogen and oxygen atoms in total. The van der Waals surface area contributed by atoms with Gasteiger partial charge in [0.2, 0.25) is 0 Å². The summed E-state index contributed by atoms with van der Waals surface area (Å²) in [7, 11) is 0. The van der Waals surface area contributed by atoms with Gasteiger partial charge < -0.3 is 10.1 Å². The Morgan fingerprint density at radius 1 is 1.03 bits per heavy atom. The van der Waals surface area contributed by atoms with Gasteiger partial charge in [-0.05, 0) is 48.0 Å². The van der Waals surface area contributed by atoms with Crippen molar-refractivity contribution in [2.75, 3.05) is 11.9 Å². The Balaban J connectivity index is 1.47. The van der Waals surface area contributed by atoms with Gasteiger partial charge in [-0.15, -0.1) is 0 Å². The first-order valence-corrected chi connectivity index (χ1v) is 9.68. The van der Waals surface area contributed by atoms with Crippen molar-refractivity contribution in [3.63, 3.8) is 0 Å². The molecule has 0 saturated carbocycles. The van der Waals surface area contributed by atoms with E-state index in [2.05, 4.69) is 10.3 Å². The molecule has 1 heterocycles. The lowest BCUT2D eigenvalue weighted by molar-refractivity contribution is -0.118. The van der Waals surface area contributed by atoms with E-state index in [9.17, 15) is 9.59 Å². The largest absolute Gasteiger partial charge is 0.484 e. The molecule has 0 atom stereocenters. The Hall–Kier alpha value is -3.64. The highest BCUT2D eigenvalue weighted by atomic mass is 35.5. The number of ether oxygens (including phenoxy) is 1. The monoisotopic (exact) mass is 419 g/mol. The van der Waals surface area contributed by atoms with Gasteiger partial charge >= 0.3 is 0 Å². The molecule has 4 aromatic rings. The Bertz CT molecular complexity index is 1240. The summed E-state index contributed by atoms with van der Waals surface area (Å²) in [6.07, 6.45) is 1.50. The minimum absolute atomic E-state index is 0.113. The van der Waals surface area contributed by atoms with Crippen molar-refractivity contribution in [3.05, 3.63) is 100 Å². The molecule has 0 fully saturated rings. The molecular formula is C23H18ClN3O3. The number of nitrogens with one attached hydrogen (secondary N) is 1. The van der Waals surface area contributed by atoms with Gasteiger partial charge in [-0.1, -0.05) is 41.9 Å². The number of anilines is 1. The number of aromatic nitrogens is 2. The Morgan fingerprint density at radius 3 is 2.57 bits per heavy atom. The number of nitrogens with zero attached hydrogens (tertiary/aromatic N) is 2. The third-order valence-corrected chi connectivity index (χ3v) is 4.74. The van der Waals surface area contributed by atoms with E-state index in [1.807, 2.05) is 30.3 Å². The summed E-state index contributed by atoms with van der Waals surface area (Å²) in [4.78, 5) is 29.3. The molecule has 3 aromatic carbocycles. The summed E-state index contributed by atoms with van der Waals surface area (Å²) in [5.41, 5.74) is 1.85. The van der Waals surface area contributed by atoms with E-state index in [4.69, 9.17) is 16.3 Å².